The van der Waals surface area contributed by atoms with Crippen molar-refractivity contribution >= 4 is 67.6 Å². The Balaban J connectivity index is 1.53. The molecule has 0 aliphatic carbocycles. The van der Waals surface area contributed by atoms with Crippen LogP contribution >= 0.6 is 35.4 Å². The van der Waals surface area contributed by atoms with Crippen molar-refractivity contribution in [2.75, 3.05) is 14.9 Å². The molecule has 0 spiro atoms. The summed E-state index contributed by atoms with van der Waals surface area (Å²) in [6, 6.07) is 15.2. The summed E-state index contributed by atoms with van der Waals surface area (Å²) in [6.45, 7) is 1.85. The molecule has 3 aromatic rings. The Hall–Kier alpha value is -2.39. The van der Waals surface area contributed by atoms with Crippen LogP contribution < -0.4 is 14.9 Å². The number of nitrogens with zero attached hydrogens (tertiary/aromatic N) is 1. The van der Waals surface area contributed by atoms with Crippen molar-refractivity contribution in [3.63, 3.8) is 0 Å². The minimum absolute atomic E-state index is 0.133. The first-order chi connectivity index (χ1) is 15.6. The van der Waals surface area contributed by atoms with Crippen molar-refractivity contribution in [2.45, 2.75) is 30.7 Å². The number of aryl methyl sites for hydroxylation is 1. The zero-order valence-corrected chi connectivity index (χ0v) is 20.6. The number of hydrogen-bond acceptors (Lipinski definition) is 3. The Bertz CT molecular complexity index is 1320. The fourth-order valence-corrected chi connectivity index (χ4v) is 6.04. The number of rotatable bonds is 4. The number of hydrogen-bond donors (Lipinski definition) is 2. The van der Waals surface area contributed by atoms with Crippen LogP contribution in [-0.2, 0) is 16.4 Å². The van der Waals surface area contributed by atoms with E-state index in [1.165, 1.54) is 34.6 Å². The van der Waals surface area contributed by atoms with Crippen LogP contribution in [0.4, 0.5) is 21.5 Å². The van der Waals surface area contributed by atoms with Crippen LogP contribution in [0.2, 0.25) is 10.0 Å². The monoisotopic (exact) mass is 523 g/mol. The number of benzene rings is 3. The largest absolute Gasteiger partial charge is 0.332 e. The number of thiocarbonyl (C=S) groups is 1. The maximum Gasteiger partial charge on any atom is 0.264 e. The van der Waals surface area contributed by atoms with E-state index in [1.54, 1.807) is 30.3 Å². The van der Waals surface area contributed by atoms with Gasteiger partial charge in [0.05, 0.1) is 21.3 Å². The predicted molar refractivity (Wildman–Crippen MR) is 137 cm³/mol. The van der Waals surface area contributed by atoms with E-state index in [9.17, 15) is 12.8 Å². The van der Waals surface area contributed by atoms with E-state index >= 15 is 0 Å². The lowest BCUT2D eigenvalue weighted by atomic mass is 9.99. The van der Waals surface area contributed by atoms with E-state index in [0.29, 0.717) is 45.5 Å². The minimum atomic E-state index is -3.84. The second-order valence-electron chi connectivity index (χ2n) is 7.69. The summed E-state index contributed by atoms with van der Waals surface area (Å²) >= 11 is 17.5. The van der Waals surface area contributed by atoms with Gasteiger partial charge in [-0.1, -0.05) is 23.2 Å². The van der Waals surface area contributed by atoms with E-state index in [1.807, 2.05) is 6.92 Å². The van der Waals surface area contributed by atoms with Crippen LogP contribution in [0, 0.1) is 5.82 Å². The highest BCUT2D eigenvalue weighted by molar-refractivity contribution is 7.92. The van der Waals surface area contributed by atoms with Gasteiger partial charge in [0.15, 0.2) is 5.11 Å². The number of nitrogens with one attached hydrogen (secondary N) is 2. The van der Waals surface area contributed by atoms with Gasteiger partial charge in [0.2, 0.25) is 0 Å². The van der Waals surface area contributed by atoms with Gasteiger partial charge in [0.1, 0.15) is 5.82 Å². The van der Waals surface area contributed by atoms with Crippen molar-refractivity contribution in [3.05, 3.63) is 82.1 Å². The lowest BCUT2D eigenvalue weighted by molar-refractivity contribution is 0.560. The first-order valence-corrected chi connectivity index (χ1v) is 12.7. The molecule has 172 valence electrons. The summed E-state index contributed by atoms with van der Waals surface area (Å²) < 4.78 is 41.9. The molecule has 1 atom stereocenters. The summed E-state index contributed by atoms with van der Waals surface area (Å²) in [5, 5.41) is 7.20. The van der Waals surface area contributed by atoms with E-state index in [0.717, 1.165) is 0 Å². The molecule has 1 aliphatic rings. The van der Waals surface area contributed by atoms with Gasteiger partial charge in [-0.2, -0.15) is 0 Å². The van der Waals surface area contributed by atoms with Crippen LogP contribution in [0.15, 0.2) is 65.6 Å². The highest BCUT2D eigenvalue weighted by atomic mass is 35.5. The van der Waals surface area contributed by atoms with E-state index < -0.39 is 10.0 Å². The third-order valence-corrected chi connectivity index (χ3v) is 8.07. The molecule has 0 saturated carbocycles. The Morgan fingerprint density at radius 2 is 1.79 bits per heavy atom. The molecule has 0 radical (unpaired) electrons. The molecule has 10 heteroatoms. The van der Waals surface area contributed by atoms with Crippen molar-refractivity contribution in [3.8, 4) is 0 Å². The van der Waals surface area contributed by atoms with E-state index in [2.05, 4.69) is 10.6 Å². The average Bonchev–Trinajstić information content (AvgIpc) is 2.76. The summed E-state index contributed by atoms with van der Waals surface area (Å²) in [5.74, 6) is -0.375. The minimum Gasteiger partial charge on any atom is -0.332 e. The Kier molecular flexibility index (Phi) is 6.81. The number of fused-ring (bicyclic) bond motifs is 1. The molecular weight excluding hydrogens is 504 g/mol. The SMILES string of the molecule is CC1CCc2cc(F)ccc2N1S(=O)(=O)c1ccc(NC(=S)Nc2cc(Cl)ccc2Cl)cc1. The van der Waals surface area contributed by atoms with Crippen molar-refractivity contribution in [1.82, 2.24) is 0 Å². The van der Waals surface area contributed by atoms with Crippen LogP contribution in [0.1, 0.15) is 18.9 Å². The standard InChI is InChI=1S/C23H20Cl2FN3O2S2/c1-14-2-3-15-12-17(26)5-11-22(15)29(14)33(30,31)19-8-6-18(7-9-19)27-23(32)28-21-13-16(24)4-10-20(21)25/h4-14H,2-3H2,1H3,(H2,27,28,32). The van der Waals surface area contributed by atoms with Gasteiger partial charge < -0.3 is 10.6 Å². The molecule has 33 heavy (non-hydrogen) atoms. The van der Waals surface area contributed by atoms with Gasteiger partial charge >= 0.3 is 0 Å². The summed E-state index contributed by atoms with van der Waals surface area (Å²) in [5.41, 5.74) is 2.35. The maximum absolute atomic E-state index is 13.7. The molecule has 1 unspecified atom stereocenters. The molecule has 0 fully saturated rings. The highest BCUT2D eigenvalue weighted by Gasteiger charge is 2.34. The summed E-state index contributed by atoms with van der Waals surface area (Å²) in [4.78, 5) is 0.133. The van der Waals surface area contributed by atoms with Crippen LogP contribution in [0.25, 0.3) is 0 Å². The molecule has 2 N–H and O–H groups in total. The van der Waals surface area contributed by atoms with Gasteiger partial charge in [0, 0.05) is 16.8 Å². The Morgan fingerprint density at radius 3 is 2.52 bits per heavy atom. The summed E-state index contributed by atoms with van der Waals surface area (Å²) in [7, 11) is -3.84. The van der Waals surface area contributed by atoms with Gasteiger partial charge in [-0.15, -0.1) is 0 Å². The van der Waals surface area contributed by atoms with Gasteiger partial charge in [0.25, 0.3) is 10.0 Å². The normalized spacial score (nSPS) is 15.6. The number of sulfonamides is 1. The van der Waals surface area contributed by atoms with E-state index in [4.69, 9.17) is 35.4 Å². The van der Waals surface area contributed by atoms with Crippen LogP contribution in [0.5, 0.6) is 0 Å². The highest BCUT2D eigenvalue weighted by Crippen LogP contribution is 2.36. The van der Waals surface area contributed by atoms with Crippen molar-refractivity contribution in [1.29, 1.82) is 0 Å². The quantitative estimate of drug-likeness (QED) is 0.383. The molecule has 4 rings (SSSR count). The van der Waals surface area contributed by atoms with Gasteiger partial charge in [-0.05, 0) is 98.2 Å². The van der Waals surface area contributed by atoms with Crippen molar-refractivity contribution < 1.29 is 12.8 Å². The number of halogens is 3. The lowest BCUT2D eigenvalue weighted by Gasteiger charge is -2.36. The molecular formula is C23H20Cl2FN3O2S2. The zero-order valence-electron chi connectivity index (χ0n) is 17.5. The molecule has 5 nitrogen and oxygen atoms in total. The van der Waals surface area contributed by atoms with Crippen LogP contribution in [-0.4, -0.2) is 19.6 Å². The first kappa shape index (κ1) is 23.8. The third-order valence-electron chi connectivity index (χ3n) is 5.36. The number of anilines is 3. The molecule has 0 amide bonds. The van der Waals surface area contributed by atoms with Gasteiger partial charge in [-0.3, -0.25) is 4.31 Å². The third kappa shape index (κ3) is 5.09. The fraction of sp³-hybridized carbons (Fsp3) is 0.174. The Morgan fingerprint density at radius 1 is 1.06 bits per heavy atom. The first-order valence-electron chi connectivity index (χ1n) is 10.1. The molecule has 0 aromatic heterocycles. The second kappa shape index (κ2) is 9.46. The smallest absolute Gasteiger partial charge is 0.264 e. The predicted octanol–water partition coefficient (Wildman–Crippen LogP) is 6.47. The second-order valence-corrected chi connectivity index (χ2v) is 10.8. The molecule has 1 aliphatic heterocycles. The fourth-order valence-electron chi connectivity index (χ4n) is 3.76. The average molecular weight is 524 g/mol. The van der Waals surface area contributed by atoms with E-state index in [-0.39, 0.29) is 21.9 Å². The molecule has 3 aromatic carbocycles. The molecule has 0 saturated heterocycles. The summed E-state index contributed by atoms with van der Waals surface area (Å²) in [6.07, 6.45) is 1.24. The molecule has 1 heterocycles. The van der Waals surface area contributed by atoms with Crippen LogP contribution in [0.3, 0.4) is 0 Å². The van der Waals surface area contributed by atoms with Gasteiger partial charge in [-0.25, -0.2) is 12.8 Å². The lowest BCUT2D eigenvalue weighted by Crippen LogP contribution is -2.42. The topological polar surface area (TPSA) is 61.4 Å². The maximum atomic E-state index is 13.7. The van der Waals surface area contributed by atoms with Crippen molar-refractivity contribution in [2.24, 2.45) is 0 Å². The zero-order chi connectivity index (χ0) is 23.8. The molecule has 0 bridgehead atoms. The Labute approximate surface area is 207 Å².